The Balaban J connectivity index is 1.71. The Labute approximate surface area is 84.5 Å². The Hall–Kier alpha value is -1.06. The third kappa shape index (κ3) is 2.72. The van der Waals surface area contributed by atoms with Crippen molar-refractivity contribution in [2.24, 2.45) is 5.92 Å². The Morgan fingerprint density at radius 2 is 2.36 bits per heavy atom. The highest BCUT2D eigenvalue weighted by molar-refractivity contribution is 5.22. The molecule has 0 amide bonds. The fourth-order valence-corrected chi connectivity index (χ4v) is 1.52. The number of hydrogen-bond acceptors (Lipinski definition) is 3. The first-order chi connectivity index (χ1) is 6.88. The van der Waals surface area contributed by atoms with Gasteiger partial charge in [-0.05, 0) is 18.8 Å². The van der Waals surface area contributed by atoms with Gasteiger partial charge in [-0.1, -0.05) is 19.8 Å². The van der Waals surface area contributed by atoms with E-state index in [4.69, 9.17) is 0 Å². The summed E-state index contributed by atoms with van der Waals surface area (Å²) in [5, 5.41) is 10.3. The van der Waals surface area contributed by atoms with Crippen molar-refractivity contribution in [1.82, 2.24) is 15.2 Å². The van der Waals surface area contributed by atoms with E-state index in [0.29, 0.717) is 0 Å². The maximum Gasteiger partial charge on any atom is 0.242 e. The molecule has 0 bridgehead atoms. The molecule has 0 saturated heterocycles. The van der Waals surface area contributed by atoms with Crippen LogP contribution in [0.1, 0.15) is 38.4 Å². The van der Waals surface area contributed by atoms with Crippen molar-refractivity contribution in [2.75, 3.05) is 11.9 Å². The minimum Gasteiger partial charge on any atom is -0.353 e. The van der Waals surface area contributed by atoms with Crippen molar-refractivity contribution >= 4 is 5.95 Å². The second kappa shape index (κ2) is 4.44. The van der Waals surface area contributed by atoms with E-state index in [1.165, 1.54) is 19.3 Å². The van der Waals surface area contributed by atoms with Crippen LogP contribution < -0.4 is 5.32 Å². The molecule has 1 fully saturated rings. The summed E-state index contributed by atoms with van der Waals surface area (Å²) in [7, 11) is 0. The summed E-state index contributed by atoms with van der Waals surface area (Å²) in [6.07, 6.45) is 6.18. The molecule has 4 heteroatoms. The van der Waals surface area contributed by atoms with Crippen LogP contribution in [0, 0.1) is 5.92 Å². The van der Waals surface area contributed by atoms with Crippen LogP contribution >= 0.6 is 0 Å². The second-order valence-electron chi connectivity index (χ2n) is 4.01. The summed E-state index contributed by atoms with van der Waals surface area (Å²) in [4.78, 5) is 4.34. The minimum atomic E-state index is 0.758. The van der Waals surface area contributed by atoms with Crippen molar-refractivity contribution in [2.45, 2.75) is 39.0 Å². The van der Waals surface area contributed by atoms with Crippen molar-refractivity contribution < 1.29 is 0 Å². The van der Waals surface area contributed by atoms with Crippen LogP contribution in [0.3, 0.4) is 0 Å². The highest BCUT2D eigenvalue weighted by Gasteiger charge is 2.20. The lowest BCUT2D eigenvalue weighted by Crippen LogP contribution is -2.03. The number of nitrogens with zero attached hydrogens (tertiary/aromatic N) is 2. The zero-order valence-electron chi connectivity index (χ0n) is 8.71. The fourth-order valence-electron chi connectivity index (χ4n) is 1.52. The van der Waals surface area contributed by atoms with Gasteiger partial charge in [0, 0.05) is 13.0 Å². The van der Waals surface area contributed by atoms with Crippen LogP contribution in [0.5, 0.6) is 0 Å². The van der Waals surface area contributed by atoms with Crippen LogP contribution in [0.2, 0.25) is 0 Å². The fraction of sp³-hybridized carbons (Fsp3) is 0.800. The Kier molecular flexibility index (Phi) is 3.01. The molecule has 1 aromatic heterocycles. The molecule has 2 rings (SSSR count). The van der Waals surface area contributed by atoms with Gasteiger partial charge in [0.05, 0.1) is 0 Å². The summed E-state index contributed by atoms with van der Waals surface area (Å²) in [5.74, 6) is 2.71. The monoisotopic (exact) mass is 194 g/mol. The molecule has 1 aromatic rings. The number of aryl methyl sites for hydroxylation is 1. The van der Waals surface area contributed by atoms with E-state index in [1.807, 2.05) is 0 Å². The zero-order chi connectivity index (χ0) is 9.80. The molecule has 4 nitrogen and oxygen atoms in total. The first-order valence-corrected chi connectivity index (χ1v) is 5.53. The van der Waals surface area contributed by atoms with E-state index < -0.39 is 0 Å². The number of rotatable bonds is 6. The van der Waals surface area contributed by atoms with Crippen molar-refractivity contribution in [3.63, 3.8) is 0 Å². The normalized spacial score (nSPS) is 15.8. The maximum absolute atomic E-state index is 4.34. The van der Waals surface area contributed by atoms with Crippen LogP contribution in [-0.2, 0) is 6.42 Å². The average molecular weight is 194 g/mol. The predicted octanol–water partition coefficient (Wildman–Crippen LogP) is 1.97. The summed E-state index contributed by atoms with van der Waals surface area (Å²) in [6.45, 7) is 3.15. The van der Waals surface area contributed by atoms with Gasteiger partial charge in [0.25, 0.3) is 0 Å². The Bertz CT molecular complexity index is 277. The molecule has 0 atom stereocenters. The van der Waals surface area contributed by atoms with E-state index in [1.54, 1.807) is 0 Å². The summed E-state index contributed by atoms with van der Waals surface area (Å²) < 4.78 is 0. The van der Waals surface area contributed by atoms with Gasteiger partial charge in [-0.3, -0.25) is 5.10 Å². The zero-order valence-corrected chi connectivity index (χ0v) is 8.71. The molecular weight excluding hydrogens is 176 g/mol. The summed E-state index contributed by atoms with van der Waals surface area (Å²) in [6, 6.07) is 0. The third-order valence-corrected chi connectivity index (χ3v) is 2.55. The molecule has 1 aliphatic carbocycles. The lowest BCUT2D eigenvalue weighted by molar-refractivity contribution is 0.756. The summed E-state index contributed by atoms with van der Waals surface area (Å²) >= 11 is 0. The summed E-state index contributed by atoms with van der Waals surface area (Å²) in [5.41, 5.74) is 0. The number of aromatic amines is 1. The Morgan fingerprint density at radius 3 is 3.07 bits per heavy atom. The maximum atomic E-state index is 4.34. The van der Waals surface area contributed by atoms with E-state index in [-0.39, 0.29) is 0 Å². The molecule has 1 aliphatic rings. The third-order valence-electron chi connectivity index (χ3n) is 2.55. The number of hydrogen-bond donors (Lipinski definition) is 2. The molecule has 78 valence electrons. The van der Waals surface area contributed by atoms with Gasteiger partial charge in [0.15, 0.2) is 0 Å². The largest absolute Gasteiger partial charge is 0.353 e. The molecule has 1 heterocycles. The smallest absolute Gasteiger partial charge is 0.242 e. The predicted molar refractivity (Wildman–Crippen MR) is 56.2 cm³/mol. The van der Waals surface area contributed by atoms with Crippen LogP contribution in [0.25, 0.3) is 0 Å². The van der Waals surface area contributed by atoms with Crippen LogP contribution in [0.4, 0.5) is 5.95 Å². The van der Waals surface area contributed by atoms with Crippen molar-refractivity contribution in [1.29, 1.82) is 0 Å². The van der Waals surface area contributed by atoms with Gasteiger partial charge in [0.1, 0.15) is 5.82 Å². The molecule has 14 heavy (non-hydrogen) atoms. The van der Waals surface area contributed by atoms with E-state index in [0.717, 1.165) is 37.1 Å². The number of nitrogens with one attached hydrogen (secondary N) is 2. The lowest BCUT2D eigenvalue weighted by atomic mass is 10.3. The van der Waals surface area contributed by atoms with Gasteiger partial charge < -0.3 is 5.32 Å². The first kappa shape index (κ1) is 9.49. The molecule has 2 N–H and O–H groups in total. The van der Waals surface area contributed by atoms with E-state index in [9.17, 15) is 0 Å². The van der Waals surface area contributed by atoms with E-state index >= 15 is 0 Å². The molecule has 0 aromatic carbocycles. The number of H-pyrrole nitrogens is 1. The van der Waals surface area contributed by atoms with Crippen LogP contribution in [-0.4, -0.2) is 21.7 Å². The highest BCUT2D eigenvalue weighted by atomic mass is 15.3. The van der Waals surface area contributed by atoms with Gasteiger partial charge >= 0.3 is 0 Å². The number of anilines is 1. The second-order valence-corrected chi connectivity index (χ2v) is 4.01. The van der Waals surface area contributed by atoms with Gasteiger partial charge in [-0.25, -0.2) is 0 Å². The quantitative estimate of drug-likeness (QED) is 0.728. The number of aromatic nitrogens is 3. The Morgan fingerprint density at radius 1 is 1.50 bits per heavy atom. The minimum absolute atomic E-state index is 0.758. The molecular formula is C10H18N4. The molecule has 0 aliphatic heterocycles. The van der Waals surface area contributed by atoms with E-state index in [2.05, 4.69) is 27.4 Å². The molecule has 0 spiro atoms. The first-order valence-electron chi connectivity index (χ1n) is 5.53. The van der Waals surface area contributed by atoms with Gasteiger partial charge in [-0.15, -0.1) is 5.10 Å². The topological polar surface area (TPSA) is 53.6 Å². The lowest BCUT2D eigenvalue weighted by Gasteiger charge is -1.98. The molecule has 0 radical (unpaired) electrons. The standard InChI is InChI=1S/C10H18N4/c1-2-3-9-12-10(14-13-9)11-7-6-8-4-5-8/h8H,2-7H2,1H3,(H2,11,12,13,14). The van der Waals surface area contributed by atoms with Gasteiger partial charge in [0.2, 0.25) is 5.95 Å². The average Bonchev–Trinajstić information content (AvgIpc) is 2.88. The van der Waals surface area contributed by atoms with Gasteiger partial charge in [-0.2, -0.15) is 4.98 Å². The van der Waals surface area contributed by atoms with Crippen molar-refractivity contribution in [3.8, 4) is 0 Å². The SMILES string of the molecule is CCCc1nc(NCCC2CC2)n[nH]1. The highest BCUT2D eigenvalue weighted by Crippen LogP contribution is 2.31. The van der Waals surface area contributed by atoms with Crippen LogP contribution in [0.15, 0.2) is 0 Å². The van der Waals surface area contributed by atoms with Crippen molar-refractivity contribution in [3.05, 3.63) is 5.82 Å². The molecule has 1 saturated carbocycles. The molecule has 0 unspecified atom stereocenters.